The van der Waals surface area contributed by atoms with Gasteiger partial charge in [0.05, 0.1) is 11.8 Å². The fourth-order valence-electron chi connectivity index (χ4n) is 2.71. The lowest BCUT2D eigenvalue weighted by atomic mass is 10.1. The van der Waals surface area contributed by atoms with Gasteiger partial charge in [-0.15, -0.1) is 0 Å². The van der Waals surface area contributed by atoms with Crippen molar-refractivity contribution in [2.45, 2.75) is 19.8 Å². The van der Waals surface area contributed by atoms with Crippen molar-refractivity contribution in [1.29, 1.82) is 0 Å². The van der Waals surface area contributed by atoms with E-state index in [9.17, 15) is 9.59 Å². The Labute approximate surface area is 135 Å². The van der Waals surface area contributed by atoms with Gasteiger partial charge in [0.15, 0.2) is 0 Å². The van der Waals surface area contributed by atoms with Crippen LogP contribution in [0.15, 0.2) is 54.6 Å². The standard InChI is InChI=1S/C19H20N2O2/c1-2-13-8-6-7-11-17(13)21-19(23)16-12-15(16)18(22)20-14-9-4-3-5-10-14/h3-11,15-16H,2,12H2,1H3,(H,20,22)(H,21,23). The van der Waals surface area contributed by atoms with Gasteiger partial charge < -0.3 is 10.6 Å². The van der Waals surface area contributed by atoms with Gasteiger partial charge in [-0.2, -0.15) is 0 Å². The maximum atomic E-state index is 12.3. The summed E-state index contributed by atoms with van der Waals surface area (Å²) in [6.45, 7) is 2.05. The second kappa shape index (κ2) is 6.65. The molecular weight excluding hydrogens is 288 g/mol. The van der Waals surface area contributed by atoms with Gasteiger partial charge >= 0.3 is 0 Å². The zero-order valence-electron chi connectivity index (χ0n) is 13.1. The van der Waals surface area contributed by atoms with Crippen molar-refractivity contribution in [2.75, 3.05) is 10.6 Å². The van der Waals surface area contributed by atoms with Crippen molar-refractivity contribution in [3.8, 4) is 0 Å². The quantitative estimate of drug-likeness (QED) is 0.888. The van der Waals surface area contributed by atoms with E-state index in [4.69, 9.17) is 0 Å². The van der Waals surface area contributed by atoms with Crippen LogP contribution in [0, 0.1) is 11.8 Å². The van der Waals surface area contributed by atoms with Gasteiger partial charge in [0.2, 0.25) is 11.8 Å². The molecular formula is C19H20N2O2. The molecule has 2 unspecified atom stereocenters. The lowest BCUT2D eigenvalue weighted by Crippen LogP contribution is -2.21. The number of amides is 2. The zero-order valence-corrected chi connectivity index (χ0v) is 13.1. The highest BCUT2D eigenvalue weighted by Gasteiger charge is 2.48. The summed E-state index contributed by atoms with van der Waals surface area (Å²) >= 11 is 0. The number of carbonyl (C=O) groups is 2. The molecule has 0 aliphatic heterocycles. The summed E-state index contributed by atoms with van der Waals surface area (Å²) in [6.07, 6.45) is 1.47. The van der Waals surface area contributed by atoms with Gasteiger partial charge in [-0.1, -0.05) is 43.3 Å². The first kappa shape index (κ1) is 15.3. The van der Waals surface area contributed by atoms with Crippen LogP contribution in [-0.4, -0.2) is 11.8 Å². The number of hydrogen-bond acceptors (Lipinski definition) is 2. The number of para-hydroxylation sites is 2. The van der Waals surface area contributed by atoms with E-state index in [-0.39, 0.29) is 23.7 Å². The Morgan fingerprint density at radius 1 is 0.913 bits per heavy atom. The summed E-state index contributed by atoms with van der Waals surface area (Å²) in [4.78, 5) is 24.5. The molecule has 4 nitrogen and oxygen atoms in total. The summed E-state index contributed by atoms with van der Waals surface area (Å²) in [5, 5.41) is 5.81. The Morgan fingerprint density at radius 3 is 2.22 bits per heavy atom. The molecule has 1 aliphatic carbocycles. The number of nitrogens with one attached hydrogen (secondary N) is 2. The molecule has 4 heteroatoms. The van der Waals surface area contributed by atoms with Gasteiger partial charge in [-0.3, -0.25) is 9.59 Å². The van der Waals surface area contributed by atoms with E-state index in [2.05, 4.69) is 17.6 Å². The lowest BCUT2D eigenvalue weighted by molar-refractivity contribution is -0.122. The topological polar surface area (TPSA) is 58.2 Å². The minimum Gasteiger partial charge on any atom is -0.326 e. The fraction of sp³-hybridized carbons (Fsp3) is 0.263. The Morgan fingerprint density at radius 2 is 1.52 bits per heavy atom. The summed E-state index contributed by atoms with van der Waals surface area (Å²) in [5.41, 5.74) is 2.71. The molecule has 1 aliphatic rings. The molecule has 0 bridgehead atoms. The zero-order chi connectivity index (χ0) is 16.2. The Kier molecular flexibility index (Phi) is 4.42. The first-order valence-electron chi connectivity index (χ1n) is 7.93. The highest BCUT2D eigenvalue weighted by molar-refractivity contribution is 6.03. The van der Waals surface area contributed by atoms with E-state index in [1.54, 1.807) is 0 Å². The van der Waals surface area contributed by atoms with Crippen molar-refractivity contribution in [3.63, 3.8) is 0 Å². The van der Waals surface area contributed by atoms with Crippen LogP contribution in [-0.2, 0) is 16.0 Å². The summed E-state index contributed by atoms with van der Waals surface area (Å²) in [7, 11) is 0. The number of hydrogen-bond donors (Lipinski definition) is 2. The van der Waals surface area contributed by atoms with Crippen molar-refractivity contribution in [1.82, 2.24) is 0 Å². The smallest absolute Gasteiger partial charge is 0.228 e. The van der Waals surface area contributed by atoms with Gasteiger partial charge in [0.1, 0.15) is 0 Å². The summed E-state index contributed by atoms with van der Waals surface area (Å²) < 4.78 is 0. The van der Waals surface area contributed by atoms with E-state index in [1.807, 2.05) is 54.6 Å². The molecule has 0 aromatic heterocycles. The Bertz CT molecular complexity index is 712. The van der Waals surface area contributed by atoms with Crippen LogP contribution in [0.4, 0.5) is 11.4 Å². The Balaban J connectivity index is 1.57. The number of anilines is 2. The molecule has 2 aromatic carbocycles. The van der Waals surface area contributed by atoms with Crippen LogP contribution in [0.25, 0.3) is 0 Å². The van der Waals surface area contributed by atoms with Gasteiger partial charge in [-0.05, 0) is 36.6 Å². The normalized spacial score (nSPS) is 19.0. The van der Waals surface area contributed by atoms with Crippen LogP contribution in [0.2, 0.25) is 0 Å². The van der Waals surface area contributed by atoms with E-state index < -0.39 is 0 Å². The molecule has 0 spiro atoms. The lowest BCUT2D eigenvalue weighted by Gasteiger charge is -2.09. The fourth-order valence-corrected chi connectivity index (χ4v) is 2.71. The van der Waals surface area contributed by atoms with Gasteiger partial charge in [-0.25, -0.2) is 0 Å². The van der Waals surface area contributed by atoms with Crippen molar-refractivity contribution in [3.05, 3.63) is 60.2 Å². The molecule has 2 aromatic rings. The van der Waals surface area contributed by atoms with Gasteiger partial charge in [0, 0.05) is 11.4 Å². The number of carbonyl (C=O) groups excluding carboxylic acids is 2. The van der Waals surface area contributed by atoms with Crippen LogP contribution < -0.4 is 10.6 Å². The number of benzene rings is 2. The van der Waals surface area contributed by atoms with E-state index in [0.717, 1.165) is 23.4 Å². The molecule has 0 radical (unpaired) electrons. The van der Waals surface area contributed by atoms with E-state index in [0.29, 0.717) is 6.42 Å². The minimum atomic E-state index is -0.233. The minimum absolute atomic E-state index is 0.0703. The van der Waals surface area contributed by atoms with Crippen molar-refractivity contribution < 1.29 is 9.59 Å². The molecule has 1 fully saturated rings. The molecule has 23 heavy (non-hydrogen) atoms. The molecule has 2 amide bonds. The number of aryl methyl sites for hydroxylation is 1. The Hall–Kier alpha value is -2.62. The highest BCUT2D eigenvalue weighted by atomic mass is 16.2. The van der Waals surface area contributed by atoms with Crippen LogP contribution in [0.3, 0.4) is 0 Å². The maximum Gasteiger partial charge on any atom is 0.228 e. The third-order valence-corrected chi connectivity index (χ3v) is 4.16. The second-order valence-corrected chi connectivity index (χ2v) is 5.80. The van der Waals surface area contributed by atoms with E-state index >= 15 is 0 Å². The summed E-state index contributed by atoms with van der Waals surface area (Å²) in [5.74, 6) is -0.619. The SMILES string of the molecule is CCc1ccccc1NC(=O)C1CC1C(=O)Nc1ccccc1. The van der Waals surface area contributed by atoms with Crippen molar-refractivity contribution in [2.24, 2.45) is 11.8 Å². The molecule has 2 N–H and O–H groups in total. The maximum absolute atomic E-state index is 12.3. The summed E-state index contributed by atoms with van der Waals surface area (Å²) in [6, 6.07) is 17.1. The largest absolute Gasteiger partial charge is 0.326 e. The third kappa shape index (κ3) is 3.59. The average molecular weight is 308 g/mol. The predicted octanol–water partition coefficient (Wildman–Crippen LogP) is 3.46. The molecule has 0 saturated heterocycles. The van der Waals surface area contributed by atoms with E-state index in [1.165, 1.54) is 0 Å². The first-order valence-corrected chi connectivity index (χ1v) is 7.93. The predicted molar refractivity (Wildman–Crippen MR) is 91.1 cm³/mol. The molecule has 118 valence electrons. The monoisotopic (exact) mass is 308 g/mol. The first-order chi connectivity index (χ1) is 11.2. The molecule has 2 atom stereocenters. The van der Waals surface area contributed by atoms with Crippen LogP contribution in [0.5, 0.6) is 0 Å². The third-order valence-electron chi connectivity index (χ3n) is 4.16. The van der Waals surface area contributed by atoms with Gasteiger partial charge in [0.25, 0.3) is 0 Å². The van der Waals surface area contributed by atoms with Crippen LogP contribution in [0.1, 0.15) is 18.9 Å². The van der Waals surface area contributed by atoms with Crippen molar-refractivity contribution >= 4 is 23.2 Å². The second-order valence-electron chi connectivity index (χ2n) is 5.80. The molecule has 1 saturated carbocycles. The molecule has 3 rings (SSSR count). The van der Waals surface area contributed by atoms with Crippen LogP contribution >= 0.6 is 0 Å². The average Bonchev–Trinajstić information content (AvgIpc) is 3.37. The molecule has 0 heterocycles. The number of rotatable bonds is 5. The highest BCUT2D eigenvalue weighted by Crippen LogP contribution is 2.40.